The number of carbonyl (C=O) groups is 1. The van der Waals surface area contributed by atoms with Gasteiger partial charge in [0.2, 0.25) is 0 Å². The second-order valence-corrected chi connectivity index (χ2v) is 7.65. The van der Waals surface area contributed by atoms with Crippen LogP contribution in [0.1, 0.15) is 40.0 Å². The molecule has 3 aromatic rings. The number of rotatable bonds is 4. The van der Waals surface area contributed by atoms with E-state index < -0.39 is 0 Å². The van der Waals surface area contributed by atoms with E-state index in [0.717, 1.165) is 25.1 Å². The van der Waals surface area contributed by atoms with Crippen LogP contribution in [0.3, 0.4) is 0 Å². The van der Waals surface area contributed by atoms with Crippen LogP contribution < -0.4 is 0 Å². The van der Waals surface area contributed by atoms with E-state index in [9.17, 15) is 4.79 Å². The monoisotopic (exact) mass is 368 g/mol. The van der Waals surface area contributed by atoms with Crippen LogP contribution in [0.4, 0.5) is 0 Å². The molecule has 0 radical (unpaired) electrons. The van der Waals surface area contributed by atoms with Gasteiger partial charge < -0.3 is 0 Å². The summed E-state index contributed by atoms with van der Waals surface area (Å²) in [6.07, 6.45) is 1.14. The zero-order valence-corrected chi connectivity index (χ0v) is 15.8. The Morgan fingerprint density at radius 3 is 1.54 bits per heavy atom. The Balaban J connectivity index is 1.65. The first-order valence-electron chi connectivity index (χ1n) is 10.1. The van der Waals surface area contributed by atoms with E-state index in [1.54, 1.807) is 0 Å². The van der Waals surface area contributed by atoms with Crippen LogP contribution in [-0.2, 0) is 0 Å². The number of nitrogens with zero attached hydrogens (tertiary/aromatic N) is 2. The third-order valence-electron chi connectivity index (χ3n) is 6.07. The van der Waals surface area contributed by atoms with Crippen molar-refractivity contribution in [2.75, 3.05) is 13.1 Å². The first-order chi connectivity index (χ1) is 13.8. The van der Waals surface area contributed by atoms with E-state index in [1.165, 1.54) is 11.1 Å². The fourth-order valence-electron chi connectivity index (χ4n) is 4.93. The predicted octanol–water partition coefficient (Wildman–Crippen LogP) is 4.90. The van der Waals surface area contributed by atoms with Crippen LogP contribution in [0.25, 0.3) is 0 Å². The molecule has 3 atom stereocenters. The number of hydrogen-bond donors (Lipinski definition) is 0. The Morgan fingerprint density at radius 1 is 0.643 bits per heavy atom. The molecule has 2 aliphatic rings. The van der Waals surface area contributed by atoms with Gasteiger partial charge in [0.15, 0.2) is 5.78 Å². The summed E-state index contributed by atoms with van der Waals surface area (Å²) in [5.74, 6) is 0.102. The highest BCUT2D eigenvalue weighted by Crippen LogP contribution is 2.51. The van der Waals surface area contributed by atoms with E-state index >= 15 is 0 Å². The molecule has 0 spiro atoms. The van der Waals surface area contributed by atoms with Crippen molar-refractivity contribution in [3.05, 3.63) is 108 Å². The molecule has 0 saturated carbocycles. The lowest BCUT2D eigenvalue weighted by Gasteiger charge is -2.27. The fourth-order valence-corrected chi connectivity index (χ4v) is 4.93. The van der Waals surface area contributed by atoms with Crippen molar-refractivity contribution in [2.24, 2.45) is 5.92 Å². The number of benzene rings is 3. The lowest BCUT2D eigenvalue weighted by Crippen LogP contribution is -2.32. The van der Waals surface area contributed by atoms with Crippen molar-refractivity contribution in [2.45, 2.75) is 18.5 Å². The third kappa shape index (κ3) is 2.88. The molecule has 0 aromatic heterocycles. The number of Topliss-reactive ketones (excluding diaryl/α,β-unsaturated/α-hetero) is 1. The molecule has 5 rings (SSSR count). The summed E-state index contributed by atoms with van der Waals surface area (Å²) in [7, 11) is 0. The van der Waals surface area contributed by atoms with Gasteiger partial charge in [-0.2, -0.15) is 0 Å². The SMILES string of the molecule is O=C(c1ccccc1)C1[C@@H](c2ccccc2)N2CCCN2[C@H]1c1ccccc1. The van der Waals surface area contributed by atoms with Crippen molar-refractivity contribution in [3.63, 3.8) is 0 Å². The van der Waals surface area contributed by atoms with E-state index in [4.69, 9.17) is 0 Å². The molecule has 2 saturated heterocycles. The first-order valence-corrected chi connectivity index (χ1v) is 10.1. The second kappa shape index (κ2) is 7.34. The molecule has 2 fully saturated rings. The van der Waals surface area contributed by atoms with Crippen LogP contribution >= 0.6 is 0 Å². The average Bonchev–Trinajstić information content (AvgIpc) is 3.35. The molecular weight excluding hydrogens is 344 g/mol. The Morgan fingerprint density at radius 2 is 1.07 bits per heavy atom. The van der Waals surface area contributed by atoms with Crippen LogP contribution in [0.2, 0.25) is 0 Å². The summed E-state index contributed by atoms with van der Waals surface area (Å²) < 4.78 is 0. The summed E-state index contributed by atoms with van der Waals surface area (Å²) in [5.41, 5.74) is 3.25. The summed E-state index contributed by atoms with van der Waals surface area (Å²) >= 11 is 0. The third-order valence-corrected chi connectivity index (χ3v) is 6.07. The van der Waals surface area contributed by atoms with Gasteiger partial charge in [-0.15, -0.1) is 0 Å². The molecule has 2 heterocycles. The van der Waals surface area contributed by atoms with Crippen LogP contribution in [0, 0.1) is 5.92 Å². The maximum absolute atomic E-state index is 13.8. The molecular formula is C25H24N2O. The van der Waals surface area contributed by atoms with Gasteiger partial charge in [0.05, 0.1) is 18.0 Å². The van der Waals surface area contributed by atoms with E-state index in [2.05, 4.69) is 58.5 Å². The van der Waals surface area contributed by atoms with E-state index in [1.807, 2.05) is 42.5 Å². The lowest BCUT2D eigenvalue weighted by molar-refractivity contribution is 0.0252. The van der Waals surface area contributed by atoms with Gasteiger partial charge in [-0.1, -0.05) is 91.0 Å². The molecule has 140 valence electrons. The van der Waals surface area contributed by atoms with Crippen molar-refractivity contribution in [3.8, 4) is 0 Å². The van der Waals surface area contributed by atoms with Gasteiger partial charge in [-0.3, -0.25) is 4.79 Å². The van der Waals surface area contributed by atoms with Gasteiger partial charge in [0.25, 0.3) is 0 Å². The molecule has 3 aromatic carbocycles. The molecule has 2 aliphatic heterocycles. The van der Waals surface area contributed by atoms with E-state index in [0.29, 0.717) is 0 Å². The second-order valence-electron chi connectivity index (χ2n) is 7.65. The molecule has 0 amide bonds. The standard InChI is InChI=1S/C25H24N2O/c28-25(21-15-8-3-9-16-21)22-23(19-11-4-1-5-12-19)26-17-10-18-27(26)24(22)20-13-6-2-7-14-20/h1-9,11-16,22-24H,10,17-18H2/t22?,23-,24+. The molecule has 3 nitrogen and oxygen atoms in total. The topological polar surface area (TPSA) is 23.6 Å². The number of carbonyl (C=O) groups excluding carboxylic acids is 1. The normalized spacial score (nSPS) is 24.9. The Bertz CT molecular complexity index is 889. The number of ketones is 1. The van der Waals surface area contributed by atoms with Gasteiger partial charge in [-0.25, -0.2) is 10.0 Å². The van der Waals surface area contributed by atoms with E-state index in [-0.39, 0.29) is 23.8 Å². The number of hydrogen-bond acceptors (Lipinski definition) is 3. The minimum Gasteiger partial charge on any atom is -0.294 e. The number of hydrazine groups is 1. The smallest absolute Gasteiger partial charge is 0.169 e. The molecule has 0 aliphatic carbocycles. The Labute approximate surface area is 166 Å². The maximum Gasteiger partial charge on any atom is 0.169 e. The minimum absolute atomic E-state index is 0.0709. The highest BCUT2D eigenvalue weighted by Gasteiger charge is 2.53. The molecule has 0 N–H and O–H groups in total. The Kier molecular flexibility index (Phi) is 4.55. The average molecular weight is 368 g/mol. The largest absolute Gasteiger partial charge is 0.294 e. The first kappa shape index (κ1) is 17.4. The Hall–Kier alpha value is -2.75. The van der Waals surface area contributed by atoms with Gasteiger partial charge >= 0.3 is 0 Å². The molecule has 0 bridgehead atoms. The summed E-state index contributed by atoms with van der Waals surface area (Å²) in [5, 5.41) is 4.89. The molecule has 28 heavy (non-hydrogen) atoms. The van der Waals surface area contributed by atoms with Gasteiger partial charge in [0, 0.05) is 18.7 Å². The zero-order valence-electron chi connectivity index (χ0n) is 15.8. The van der Waals surface area contributed by atoms with Crippen LogP contribution in [0.15, 0.2) is 91.0 Å². The highest BCUT2D eigenvalue weighted by atomic mass is 16.1. The lowest BCUT2D eigenvalue weighted by atomic mass is 9.80. The highest BCUT2D eigenvalue weighted by molar-refractivity contribution is 5.99. The predicted molar refractivity (Wildman–Crippen MR) is 111 cm³/mol. The number of fused-ring (bicyclic) bond motifs is 1. The zero-order chi connectivity index (χ0) is 18.9. The van der Waals surface area contributed by atoms with Gasteiger partial charge in [-0.05, 0) is 17.5 Å². The summed E-state index contributed by atoms with van der Waals surface area (Å²) in [6.45, 7) is 2.00. The molecule has 1 unspecified atom stereocenters. The van der Waals surface area contributed by atoms with Gasteiger partial charge in [0.1, 0.15) is 0 Å². The van der Waals surface area contributed by atoms with Crippen LogP contribution in [0.5, 0.6) is 0 Å². The minimum atomic E-state index is -0.132. The summed E-state index contributed by atoms with van der Waals surface area (Å²) in [4.78, 5) is 13.8. The van der Waals surface area contributed by atoms with Crippen molar-refractivity contribution in [1.82, 2.24) is 10.0 Å². The van der Waals surface area contributed by atoms with Crippen molar-refractivity contribution < 1.29 is 4.79 Å². The summed E-state index contributed by atoms with van der Waals surface area (Å²) in [6, 6.07) is 31.0. The van der Waals surface area contributed by atoms with Crippen LogP contribution in [-0.4, -0.2) is 28.9 Å². The fraction of sp³-hybridized carbons (Fsp3) is 0.240. The molecule has 3 heteroatoms. The van der Waals surface area contributed by atoms with Crippen molar-refractivity contribution in [1.29, 1.82) is 0 Å². The quantitative estimate of drug-likeness (QED) is 0.612. The van der Waals surface area contributed by atoms with Crippen molar-refractivity contribution >= 4 is 5.78 Å². The maximum atomic E-state index is 13.8.